The van der Waals surface area contributed by atoms with Crippen LogP contribution in [-0.2, 0) is 9.53 Å². The summed E-state index contributed by atoms with van der Waals surface area (Å²) in [5, 5.41) is 0. The van der Waals surface area contributed by atoms with Crippen molar-refractivity contribution >= 4 is 5.97 Å². The predicted molar refractivity (Wildman–Crippen MR) is 71.8 cm³/mol. The average molecular weight is 281 g/mol. The number of hydrogen-bond donors (Lipinski definition) is 1. The highest BCUT2D eigenvalue weighted by molar-refractivity contribution is 5.77. The smallest absolute Gasteiger partial charge is 0.313 e. The van der Waals surface area contributed by atoms with Crippen LogP contribution in [-0.4, -0.2) is 27.0 Å². The van der Waals surface area contributed by atoms with Crippen LogP contribution in [0, 0.1) is 5.41 Å². The molecular weight excluding hydrogens is 262 g/mol. The molecule has 1 aliphatic heterocycles. The second-order valence-electron chi connectivity index (χ2n) is 5.15. The molecule has 1 atom stereocenters. The van der Waals surface area contributed by atoms with E-state index in [4.69, 9.17) is 24.7 Å². The van der Waals surface area contributed by atoms with Gasteiger partial charge in [-0.1, -0.05) is 0 Å². The number of nitrogens with two attached hydrogens (primary N) is 1. The Kier molecular flexibility index (Phi) is 3.76. The quantitative estimate of drug-likeness (QED) is 0.845. The van der Waals surface area contributed by atoms with Crippen molar-refractivity contribution in [2.75, 3.05) is 21.0 Å². The van der Waals surface area contributed by atoms with Gasteiger partial charge in [0, 0.05) is 6.04 Å². The molecule has 1 aromatic rings. The Bertz CT molecular complexity index is 527. The van der Waals surface area contributed by atoms with Crippen molar-refractivity contribution in [2.24, 2.45) is 11.1 Å². The number of benzene rings is 1. The zero-order chi connectivity index (χ0) is 14.9. The fourth-order valence-corrected chi connectivity index (χ4v) is 2.14. The van der Waals surface area contributed by atoms with E-state index in [1.165, 1.54) is 14.2 Å². The molecule has 0 amide bonds. The fraction of sp³-hybridized carbons (Fsp3) is 0.500. The van der Waals surface area contributed by atoms with E-state index in [1.807, 2.05) is 0 Å². The van der Waals surface area contributed by atoms with Crippen molar-refractivity contribution in [3.05, 3.63) is 17.7 Å². The number of hydrogen-bond acceptors (Lipinski definition) is 6. The maximum absolute atomic E-state index is 11.8. The van der Waals surface area contributed by atoms with Crippen molar-refractivity contribution in [3.63, 3.8) is 0 Å². The number of ether oxygens (including phenoxy) is 4. The van der Waals surface area contributed by atoms with Crippen LogP contribution < -0.4 is 19.9 Å². The maximum Gasteiger partial charge on any atom is 0.313 e. The average Bonchev–Trinajstić information content (AvgIpc) is 2.92. The number of rotatable bonds is 4. The van der Waals surface area contributed by atoms with Gasteiger partial charge in [-0.05, 0) is 31.5 Å². The summed E-state index contributed by atoms with van der Waals surface area (Å²) in [6.07, 6.45) is 0. The molecule has 1 heterocycles. The Morgan fingerprint density at radius 1 is 1.35 bits per heavy atom. The van der Waals surface area contributed by atoms with Gasteiger partial charge in [0.15, 0.2) is 11.5 Å². The summed E-state index contributed by atoms with van der Waals surface area (Å²) in [6.45, 7) is 3.62. The summed E-state index contributed by atoms with van der Waals surface area (Å²) in [7, 11) is 2.88. The minimum Gasteiger partial charge on any atom is -0.493 e. The summed E-state index contributed by atoms with van der Waals surface area (Å²) >= 11 is 0. The van der Waals surface area contributed by atoms with Crippen LogP contribution in [0.15, 0.2) is 12.1 Å². The highest BCUT2D eigenvalue weighted by atomic mass is 16.7. The maximum atomic E-state index is 11.8. The van der Waals surface area contributed by atoms with E-state index in [1.54, 1.807) is 26.0 Å². The molecule has 0 aliphatic carbocycles. The molecule has 2 rings (SSSR count). The van der Waals surface area contributed by atoms with Gasteiger partial charge in [0.05, 0.1) is 19.6 Å². The van der Waals surface area contributed by atoms with E-state index in [9.17, 15) is 4.79 Å². The molecule has 0 saturated carbocycles. The van der Waals surface area contributed by atoms with Gasteiger partial charge in [0.2, 0.25) is 12.5 Å². The second-order valence-corrected chi connectivity index (χ2v) is 5.15. The highest BCUT2D eigenvalue weighted by Crippen LogP contribution is 2.45. The van der Waals surface area contributed by atoms with E-state index in [0.717, 1.165) is 5.56 Å². The first-order valence-electron chi connectivity index (χ1n) is 6.23. The molecule has 1 aromatic carbocycles. The van der Waals surface area contributed by atoms with Crippen molar-refractivity contribution in [1.29, 1.82) is 0 Å². The molecule has 20 heavy (non-hydrogen) atoms. The minimum atomic E-state index is -0.868. The van der Waals surface area contributed by atoms with Crippen molar-refractivity contribution in [3.8, 4) is 17.2 Å². The third-order valence-electron chi connectivity index (χ3n) is 3.53. The standard InChI is InChI=1S/C14H19NO5/c1-14(2,13(16)18-4)12(15)8-5-9(17-3)11-10(6-8)19-7-20-11/h5-6,12H,7,15H2,1-4H3/t12-/m0/s1. The number of methoxy groups -OCH3 is 2. The van der Waals surface area contributed by atoms with Crippen LogP contribution in [0.4, 0.5) is 0 Å². The number of carbonyl (C=O) groups is 1. The van der Waals surface area contributed by atoms with Crippen LogP contribution in [0.3, 0.4) is 0 Å². The van der Waals surface area contributed by atoms with Crippen LogP contribution in [0.2, 0.25) is 0 Å². The SMILES string of the molecule is COC(=O)C(C)(C)[C@@H](N)c1cc(OC)c2c(c1)OCO2. The fourth-order valence-electron chi connectivity index (χ4n) is 2.14. The topological polar surface area (TPSA) is 80.0 Å². The summed E-state index contributed by atoms with van der Waals surface area (Å²) in [4.78, 5) is 11.8. The van der Waals surface area contributed by atoms with Gasteiger partial charge in [-0.2, -0.15) is 0 Å². The van der Waals surface area contributed by atoms with Gasteiger partial charge in [0.25, 0.3) is 0 Å². The van der Waals surface area contributed by atoms with Crippen LogP contribution in [0.5, 0.6) is 17.2 Å². The lowest BCUT2D eigenvalue weighted by atomic mass is 9.81. The normalized spacial score (nSPS) is 14.8. The van der Waals surface area contributed by atoms with Crippen molar-refractivity contribution < 1.29 is 23.7 Å². The van der Waals surface area contributed by atoms with E-state index in [2.05, 4.69) is 0 Å². The largest absolute Gasteiger partial charge is 0.493 e. The van der Waals surface area contributed by atoms with Gasteiger partial charge >= 0.3 is 5.97 Å². The lowest BCUT2D eigenvalue weighted by Gasteiger charge is -2.29. The molecule has 0 saturated heterocycles. The highest BCUT2D eigenvalue weighted by Gasteiger charge is 2.37. The van der Waals surface area contributed by atoms with Crippen LogP contribution in [0.1, 0.15) is 25.5 Å². The zero-order valence-electron chi connectivity index (χ0n) is 12.1. The molecular formula is C14H19NO5. The predicted octanol–water partition coefficient (Wildman–Crippen LogP) is 1.62. The summed E-state index contributed by atoms with van der Waals surface area (Å²) < 4.78 is 20.8. The summed E-state index contributed by atoms with van der Waals surface area (Å²) in [6, 6.07) is 2.96. The molecule has 0 bridgehead atoms. The Labute approximate surface area is 117 Å². The third-order valence-corrected chi connectivity index (χ3v) is 3.53. The molecule has 6 heteroatoms. The molecule has 0 radical (unpaired) electrons. The van der Waals surface area contributed by atoms with E-state index in [0.29, 0.717) is 17.2 Å². The first kappa shape index (κ1) is 14.5. The van der Waals surface area contributed by atoms with E-state index >= 15 is 0 Å². The first-order chi connectivity index (χ1) is 9.41. The van der Waals surface area contributed by atoms with Crippen molar-refractivity contribution in [1.82, 2.24) is 0 Å². The van der Waals surface area contributed by atoms with Crippen molar-refractivity contribution in [2.45, 2.75) is 19.9 Å². The lowest BCUT2D eigenvalue weighted by Crippen LogP contribution is -2.37. The minimum absolute atomic E-state index is 0.144. The third kappa shape index (κ3) is 2.27. The van der Waals surface area contributed by atoms with Gasteiger partial charge in [0.1, 0.15) is 0 Å². The molecule has 0 aromatic heterocycles. The Morgan fingerprint density at radius 2 is 2.05 bits per heavy atom. The van der Waals surface area contributed by atoms with Gasteiger partial charge in [-0.3, -0.25) is 4.79 Å². The summed E-state index contributed by atoms with van der Waals surface area (Å²) in [5.74, 6) is 1.28. The summed E-state index contributed by atoms with van der Waals surface area (Å²) in [5.41, 5.74) is 6.07. The van der Waals surface area contributed by atoms with E-state index < -0.39 is 11.5 Å². The molecule has 1 aliphatic rings. The zero-order valence-corrected chi connectivity index (χ0v) is 12.1. The van der Waals surface area contributed by atoms with Crippen LogP contribution in [0.25, 0.3) is 0 Å². The second kappa shape index (κ2) is 5.20. The number of fused-ring (bicyclic) bond motifs is 1. The Hall–Kier alpha value is -1.95. The first-order valence-corrected chi connectivity index (χ1v) is 6.23. The number of carbonyl (C=O) groups excluding carboxylic acids is 1. The Balaban J connectivity index is 2.40. The van der Waals surface area contributed by atoms with Gasteiger partial charge in [-0.25, -0.2) is 0 Å². The molecule has 110 valence electrons. The van der Waals surface area contributed by atoms with Gasteiger partial charge < -0.3 is 24.7 Å². The Morgan fingerprint density at radius 3 is 2.65 bits per heavy atom. The molecule has 0 unspecified atom stereocenters. The lowest BCUT2D eigenvalue weighted by molar-refractivity contribution is -0.152. The molecule has 2 N–H and O–H groups in total. The van der Waals surface area contributed by atoms with Gasteiger partial charge in [-0.15, -0.1) is 0 Å². The monoisotopic (exact) mass is 281 g/mol. The van der Waals surface area contributed by atoms with E-state index in [-0.39, 0.29) is 12.8 Å². The molecule has 0 fully saturated rings. The molecule has 6 nitrogen and oxygen atoms in total. The van der Waals surface area contributed by atoms with Crippen LogP contribution >= 0.6 is 0 Å². The molecule has 0 spiro atoms. The number of esters is 1.